The van der Waals surface area contributed by atoms with Crippen LogP contribution in [0.1, 0.15) is 12.6 Å². The second-order valence-electron chi connectivity index (χ2n) is 5.75. The Morgan fingerprint density at radius 3 is 2.72 bits per heavy atom. The first kappa shape index (κ1) is 17.3. The fourth-order valence-corrected chi connectivity index (χ4v) is 2.51. The second-order valence-corrected chi connectivity index (χ2v) is 5.75. The third kappa shape index (κ3) is 4.29. The Hall–Kier alpha value is -2.57. The number of aryl methyl sites for hydroxylation is 1. The number of hydroxylamine groups is 2. The Morgan fingerprint density at radius 1 is 1.16 bits per heavy atom. The van der Waals surface area contributed by atoms with Gasteiger partial charge in [0, 0.05) is 11.9 Å². The van der Waals surface area contributed by atoms with Crippen molar-refractivity contribution < 1.29 is 19.2 Å². The quantitative estimate of drug-likeness (QED) is 0.634. The van der Waals surface area contributed by atoms with Gasteiger partial charge in [-0.1, -0.05) is 29.4 Å². The molecule has 0 bridgehead atoms. The predicted octanol–water partition coefficient (Wildman–Crippen LogP) is 3.19. The molecule has 1 heterocycles. The van der Waals surface area contributed by atoms with Crippen molar-refractivity contribution in [2.24, 2.45) is 0 Å². The van der Waals surface area contributed by atoms with Crippen molar-refractivity contribution in [2.45, 2.75) is 20.0 Å². The monoisotopic (exact) mass is 342 g/mol. The fourth-order valence-electron chi connectivity index (χ4n) is 2.51. The lowest BCUT2D eigenvalue weighted by Crippen LogP contribution is -2.37. The number of nitrogens with zero attached hydrogens (tertiary/aromatic N) is 2. The number of likely N-dealkylation sites (N-methyl/N-ethyl adjacent to an activating group) is 1. The van der Waals surface area contributed by atoms with E-state index in [0.29, 0.717) is 24.4 Å². The summed E-state index contributed by atoms with van der Waals surface area (Å²) in [4.78, 5) is 5.75. The molecule has 25 heavy (non-hydrogen) atoms. The minimum Gasteiger partial charge on any atom is -0.487 e. The highest BCUT2D eigenvalue weighted by Crippen LogP contribution is 2.27. The number of aliphatic hydroxyl groups excluding tert-OH is 1. The van der Waals surface area contributed by atoms with Crippen LogP contribution < -0.4 is 9.57 Å². The van der Waals surface area contributed by atoms with Gasteiger partial charge < -0.3 is 19.2 Å². The molecular weight excluding hydrogens is 320 g/mol. The van der Waals surface area contributed by atoms with Crippen molar-refractivity contribution in [2.75, 3.05) is 19.7 Å². The molecule has 0 fully saturated rings. The normalized spacial score (nSPS) is 12.5. The molecule has 0 amide bonds. The molecule has 0 spiro atoms. The Kier molecular flexibility index (Phi) is 5.53. The first-order valence-corrected chi connectivity index (χ1v) is 8.31. The predicted molar refractivity (Wildman–Crippen MR) is 94.6 cm³/mol. The van der Waals surface area contributed by atoms with Gasteiger partial charge in [-0.25, -0.2) is 0 Å². The molecule has 0 aliphatic heterocycles. The molecule has 0 saturated heterocycles. The maximum Gasteiger partial charge on any atom is 0.208 e. The van der Waals surface area contributed by atoms with Crippen LogP contribution in [0.5, 0.6) is 11.5 Å². The average Bonchev–Trinajstić information content (AvgIpc) is 3.02. The Bertz CT molecular complexity index is 804. The van der Waals surface area contributed by atoms with Crippen LogP contribution in [-0.2, 0) is 0 Å². The summed E-state index contributed by atoms with van der Waals surface area (Å²) in [6.07, 6.45) is -0.706. The van der Waals surface area contributed by atoms with Crippen molar-refractivity contribution in [1.82, 2.24) is 10.2 Å². The van der Waals surface area contributed by atoms with Crippen LogP contribution in [0.4, 0.5) is 0 Å². The lowest BCUT2D eigenvalue weighted by Gasteiger charge is -2.23. The summed E-state index contributed by atoms with van der Waals surface area (Å²) in [5.41, 5.74) is 1.41. The molecular formula is C19H22N2O4. The number of ether oxygens (including phenoxy) is 1. The summed E-state index contributed by atoms with van der Waals surface area (Å²) in [6.45, 7) is 4.95. The molecule has 0 saturated carbocycles. The highest BCUT2D eigenvalue weighted by Gasteiger charge is 2.15. The fraction of sp³-hybridized carbons (Fsp3) is 0.316. The van der Waals surface area contributed by atoms with Gasteiger partial charge in [-0.2, -0.15) is 0 Å². The molecule has 3 rings (SSSR count). The van der Waals surface area contributed by atoms with Gasteiger partial charge in [0.15, 0.2) is 5.75 Å². The number of rotatable bonds is 8. The third-order valence-corrected chi connectivity index (χ3v) is 3.82. The molecule has 0 aliphatic rings. The molecule has 6 heteroatoms. The van der Waals surface area contributed by atoms with Gasteiger partial charge in [-0.15, -0.1) is 5.06 Å². The number of aromatic nitrogens is 1. The van der Waals surface area contributed by atoms with Crippen LogP contribution in [0.3, 0.4) is 0 Å². The smallest absolute Gasteiger partial charge is 0.208 e. The van der Waals surface area contributed by atoms with Gasteiger partial charge in [0.25, 0.3) is 0 Å². The largest absolute Gasteiger partial charge is 0.487 e. The van der Waals surface area contributed by atoms with E-state index < -0.39 is 6.10 Å². The highest BCUT2D eigenvalue weighted by molar-refractivity contribution is 5.84. The van der Waals surface area contributed by atoms with Crippen LogP contribution in [0.2, 0.25) is 0 Å². The summed E-state index contributed by atoms with van der Waals surface area (Å²) in [5.74, 6) is 1.31. The maximum atomic E-state index is 10.3. The van der Waals surface area contributed by atoms with Gasteiger partial charge in [0.1, 0.15) is 18.5 Å². The Balaban J connectivity index is 1.57. The van der Waals surface area contributed by atoms with E-state index in [-0.39, 0.29) is 6.61 Å². The molecule has 3 aromatic rings. The number of hydrogen-bond acceptors (Lipinski definition) is 6. The van der Waals surface area contributed by atoms with E-state index in [1.807, 2.05) is 56.3 Å². The lowest BCUT2D eigenvalue weighted by molar-refractivity contribution is -0.0858. The lowest BCUT2D eigenvalue weighted by atomic mass is 10.2. The van der Waals surface area contributed by atoms with Crippen LogP contribution >= 0.6 is 0 Å². The van der Waals surface area contributed by atoms with E-state index in [9.17, 15) is 5.11 Å². The summed E-state index contributed by atoms with van der Waals surface area (Å²) in [5, 5.41) is 16.8. The van der Waals surface area contributed by atoms with E-state index in [1.54, 1.807) is 11.1 Å². The third-order valence-electron chi connectivity index (χ3n) is 3.82. The first-order chi connectivity index (χ1) is 12.2. The van der Waals surface area contributed by atoms with Crippen molar-refractivity contribution in [3.05, 3.63) is 54.2 Å². The van der Waals surface area contributed by atoms with Crippen molar-refractivity contribution >= 4 is 11.0 Å². The molecule has 0 aliphatic carbocycles. The van der Waals surface area contributed by atoms with Crippen molar-refractivity contribution in [1.29, 1.82) is 0 Å². The zero-order valence-electron chi connectivity index (χ0n) is 14.4. The topological polar surface area (TPSA) is 68.0 Å². The number of aliphatic hydroxyl groups is 1. The zero-order chi connectivity index (χ0) is 17.6. The average molecular weight is 342 g/mol. The van der Waals surface area contributed by atoms with Crippen LogP contribution in [0.15, 0.2) is 53.1 Å². The Labute approximate surface area is 146 Å². The molecule has 1 unspecified atom stereocenters. The van der Waals surface area contributed by atoms with E-state index in [1.165, 1.54) is 0 Å². The minimum atomic E-state index is -0.706. The number of fused-ring (bicyclic) bond motifs is 1. The second kappa shape index (κ2) is 8.00. The maximum absolute atomic E-state index is 10.3. The van der Waals surface area contributed by atoms with Crippen LogP contribution in [-0.4, -0.2) is 41.1 Å². The molecule has 132 valence electrons. The van der Waals surface area contributed by atoms with E-state index in [0.717, 1.165) is 16.8 Å². The molecule has 1 aromatic heterocycles. The van der Waals surface area contributed by atoms with Gasteiger partial charge in [-0.3, -0.25) is 0 Å². The van der Waals surface area contributed by atoms with E-state index in [4.69, 9.17) is 14.1 Å². The molecule has 2 aromatic carbocycles. The number of para-hydroxylation sites is 2. The Morgan fingerprint density at radius 2 is 1.96 bits per heavy atom. The standard InChI is InChI=1S/C19H22N2O4/c1-3-21(25-16-8-5-4-6-9-16)12-15(22)13-23-18-11-7-10-17-14(2)20-24-19(17)18/h4-11,15,22H,3,12-13H2,1-2H3. The van der Waals surface area contributed by atoms with Gasteiger partial charge in [0.05, 0.1) is 12.2 Å². The highest BCUT2D eigenvalue weighted by atomic mass is 16.7. The SMILES string of the molecule is CCN(CC(O)COc1cccc2c(C)noc12)Oc1ccccc1. The first-order valence-electron chi connectivity index (χ1n) is 8.31. The molecule has 1 atom stereocenters. The minimum absolute atomic E-state index is 0.132. The summed E-state index contributed by atoms with van der Waals surface area (Å²) in [7, 11) is 0. The summed E-state index contributed by atoms with van der Waals surface area (Å²) in [6, 6.07) is 15.1. The van der Waals surface area contributed by atoms with Crippen LogP contribution in [0.25, 0.3) is 11.0 Å². The summed E-state index contributed by atoms with van der Waals surface area (Å²) >= 11 is 0. The molecule has 0 radical (unpaired) electrons. The molecule has 1 N–H and O–H groups in total. The number of hydrogen-bond donors (Lipinski definition) is 1. The van der Waals surface area contributed by atoms with Crippen LogP contribution in [0, 0.1) is 6.92 Å². The van der Waals surface area contributed by atoms with E-state index >= 15 is 0 Å². The van der Waals surface area contributed by atoms with Gasteiger partial charge >= 0.3 is 0 Å². The zero-order valence-corrected chi connectivity index (χ0v) is 14.4. The number of benzene rings is 2. The molecule has 6 nitrogen and oxygen atoms in total. The van der Waals surface area contributed by atoms with E-state index in [2.05, 4.69) is 5.16 Å². The van der Waals surface area contributed by atoms with Gasteiger partial charge in [0.2, 0.25) is 5.58 Å². The summed E-state index contributed by atoms with van der Waals surface area (Å²) < 4.78 is 11.0. The van der Waals surface area contributed by atoms with Crippen molar-refractivity contribution in [3.8, 4) is 11.5 Å². The van der Waals surface area contributed by atoms with Crippen molar-refractivity contribution in [3.63, 3.8) is 0 Å². The van der Waals surface area contributed by atoms with Gasteiger partial charge in [-0.05, 0) is 38.1 Å².